The molecule has 1 saturated heterocycles. The van der Waals surface area contributed by atoms with Crippen LogP contribution in [0.5, 0.6) is 5.75 Å². The highest BCUT2D eigenvalue weighted by molar-refractivity contribution is 6.31. The van der Waals surface area contributed by atoms with Crippen molar-refractivity contribution < 1.29 is 14.3 Å². The number of amides is 1. The van der Waals surface area contributed by atoms with Crippen LogP contribution >= 0.6 is 11.6 Å². The second-order valence-corrected chi connectivity index (χ2v) is 8.96. The zero-order valence-electron chi connectivity index (χ0n) is 18.2. The third-order valence-electron chi connectivity index (χ3n) is 6.31. The van der Waals surface area contributed by atoms with Gasteiger partial charge >= 0.3 is 0 Å². The van der Waals surface area contributed by atoms with E-state index in [1.807, 2.05) is 12.1 Å². The Morgan fingerprint density at radius 3 is 2.48 bits per heavy atom. The Balaban J connectivity index is 1.24. The summed E-state index contributed by atoms with van der Waals surface area (Å²) in [5.74, 6) is 1.28. The summed E-state index contributed by atoms with van der Waals surface area (Å²) in [5, 5.41) is 20.7. The number of nitrogens with zero attached hydrogens (tertiary/aromatic N) is 4. The lowest BCUT2D eigenvalue weighted by atomic mass is 9.93. The van der Waals surface area contributed by atoms with Crippen LogP contribution < -0.4 is 15.0 Å². The van der Waals surface area contributed by atoms with E-state index in [4.69, 9.17) is 21.6 Å². The van der Waals surface area contributed by atoms with E-state index in [1.54, 1.807) is 24.3 Å². The van der Waals surface area contributed by atoms with Gasteiger partial charge in [0.25, 0.3) is 5.91 Å². The molecule has 1 aliphatic heterocycles. The van der Waals surface area contributed by atoms with Gasteiger partial charge in [-0.2, -0.15) is 5.26 Å². The number of hydrogen-bond acceptors (Lipinski definition) is 7. The molecule has 1 saturated carbocycles. The van der Waals surface area contributed by atoms with Crippen LogP contribution in [0.4, 0.5) is 5.82 Å². The number of aldehydes is 1. The van der Waals surface area contributed by atoms with Crippen molar-refractivity contribution in [1.29, 1.82) is 5.26 Å². The molecular weight excluding hydrogens is 442 g/mol. The van der Waals surface area contributed by atoms with E-state index in [2.05, 4.69) is 20.4 Å². The molecule has 9 heteroatoms. The van der Waals surface area contributed by atoms with Gasteiger partial charge in [-0.05, 0) is 62.8 Å². The summed E-state index contributed by atoms with van der Waals surface area (Å²) in [6, 6.07) is 10.7. The molecule has 4 rings (SSSR count). The zero-order valence-corrected chi connectivity index (χ0v) is 19.0. The number of hydrogen-bond donors (Lipinski definition) is 1. The molecule has 2 aliphatic rings. The first-order valence-electron chi connectivity index (χ1n) is 11.3. The average Bonchev–Trinajstić information content (AvgIpc) is 2.85. The zero-order chi connectivity index (χ0) is 23.2. The molecule has 0 bridgehead atoms. The van der Waals surface area contributed by atoms with Gasteiger partial charge in [0.2, 0.25) is 0 Å². The van der Waals surface area contributed by atoms with Crippen LogP contribution in [0.15, 0.2) is 30.3 Å². The van der Waals surface area contributed by atoms with Gasteiger partial charge in [0.15, 0.2) is 11.5 Å². The number of rotatable bonds is 6. The molecule has 1 aromatic heterocycles. The van der Waals surface area contributed by atoms with E-state index in [9.17, 15) is 9.59 Å². The average molecular weight is 468 g/mol. The Bertz CT molecular complexity index is 1020. The normalized spacial score (nSPS) is 21.2. The number of carbonyl (C=O) groups is 2. The van der Waals surface area contributed by atoms with Crippen LogP contribution in [0.3, 0.4) is 0 Å². The van der Waals surface area contributed by atoms with Crippen molar-refractivity contribution >= 4 is 29.6 Å². The number of anilines is 1. The molecule has 33 heavy (non-hydrogen) atoms. The van der Waals surface area contributed by atoms with E-state index in [-0.39, 0.29) is 24.0 Å². The molecule has 8 nitrogen and oxygen atoms in total. The number of benzene rings is 1. The summed E-state index contributed by atoms with van der Waals surface area (Å²) >= 11 is 6.08. The van der Waals surface area contributed by atoms with Crippen molar-refractivity contribution in [2.45, 2.75) is 50.7 Å². The standard InChI is InChI=1S/C24H26ClN5O3/c25-21-13-20(4-1-17(21)14-26)33-19-5-2-18(3-6-19)27-24(32)22-7-8-23(29-28-22)30-11-9-16(15-31)10-12-30/h1,4,7-8,13,15-16,18-19H,2-3,5-6,9-12H2,(H,27,32). The van der Waals surface area contributed by atoms with E-state index >= 15 is 0 Å². The van der Waals surface area contributed by atoms with Crippen molar-refractivity contribution in [3.8, 4) is 11.8 Å². The van der Waals surface area contributed by atoms with Gasteiger partial charge < -0.3 is 19.7 Å². The molecule has 1 aliphatic carbocycles. The van der Waals surface area contributed by atoms with Gasteiger partial charge in [0.1, 0.15) is 18.1 Å². The maximum Gasteiger partial charge on any atom is 0.272 e. The molecule has 0 radical (unpaired) electrons. The van der Waals surface area contributed by atoms with Crippen LogP contribution in [0.1, 0.15) is 54.6 Å². The quantitative estimate of drug-likeness (QED) is 0.647. The van der Waals surface area contributed by atoms with E-state index in [1.165, 1.54) is 0 Å². The van der Waals surface area contributed by atoms with Gasteiger partial charge in [-0.3, -0.25) is 4.79 Å². The predicted octanol–water partition coefficient (Wildman–Crippen LogP) is 3.54. The number of halogens is 1. The summed E-state index contributed by atoms with van der Waals surface area (Å²) in [6.07, 6.45) is 5.93. The van der Waals surface area contributed by atoms with Gasteiger partial charge in [-0.25, -0.2) is 0 Å². The Kier molecular flexibility index (Phi) is 7.40. The molecule has 0 spiro atoms. The lowest BCUT2D eigenvalue weighted by molar-refractivity contribution is -0.111. The maximum atomic E-state index is 12.6. The molecular formula is C24H26ClN5O3. The van der Waals surface area contributed by atoms with Gasteiger partial charge in [0.05, 0.1) is 16.7 Å². The Morgan fingerprint density at radius 2 is 1.88 bits per heavy atom. The molecule has 2 fully saturated rings. The molecule has 1 N–H and O–H groups in total. The number of piperidine rings is 1. The number of ether oxygens (including phenoxy) is 1. The number of aromatic nitrogens is 2. The first-order valence-corrected chi connectivity index (χ1v) is 11.6. The number of nitrogens with one attached hydrogen (secondary N) is 1. The Labute approximate surface area is 197 Å². The molecule has 0 atom stereocenters. The highest BCUT2D eigenvalue weighted by Crippen LogP contribution is 2.27. The first kappa shape index (κ1) is 23.0. The fraction of sp³-hybridized carbons (Fsp3) is 0.458. The first-order chi connectivity index (χ1) is 16.1. The predicted molar refractivity (Wildman–Crippen MR) is 123 cm³/mol. The van der Waals surface area contributed by atoms with E-state index < -0.39 is 0 Å². The van der Waals surface area contributed by atoms with E-state index in [0.717, 1.165) is 63.7 Å². The van der Waals surface area contributed by atoms with Crippen LogP contribution in [-0.4, -0.2) is 47.6 Å². The number of nitriles is 1. The van der Waals surface area contributed by atoms with Gasteiger partial charge in [0, 0.05) is 31.1 Å². The minimum atomic E-state index is -0.225. The third-order valence-corrected chi connectivity index (χ3v) is 6.63. The van der Waals surface area contributed by atoms with Crippen LogP contribution in [0.2, 0.25) is 5.02 Å². The van der Waals surface area contributed by atoms with Crippen molar-refractivity contribution in [2.24, 2.45) is 5.92 Å². The van der Waals surface area contributed by atoms with Crippen LogP contribution in [0, 0.1) is 17.2 Å². The summed E-state index contributed by atoms with van der Waals surface area (Å²) in [6.45, 7) is 1.53. The Hall–Kier alpha value is -3.18. The highest BCUT2D eigenvalue weighted by Gasteiger charge is 2.25. The van der Waals surface area contributed by atoms with Gasteiger partial charge in [-0.1, -0.05) is 11.6 Å². The summed E-state index contributed by atoms with van der Waals surface area (Å²) in [5.41, 5.74) is 0.723. The highest BCUT2D eigenvalue weighted by atomic mass is 35.5. The second-order valence-electron chi connectivity index (χ2n) is 8.56. The van der Waals surface area contributed by atoms with E-state index in [0.29, 0.717) is 22.0 Å². The summed E-state index contributed by atoms with van der Waals surface area (Å²) in [4.78, 5) is 25.6. The molecule has 172 valence electrons. The minimum Gasteiger partial charge on any atom is -0.490 e. The summed E-state index contributed by atoms with van der Waals surface area (Å²) in [7, 11) is 0. The van der Waals surface area contributed by atoms with Crippen LogP contribution in [0.25, 0.3) is 0 Å². The van der Waals surface area contributed by atoms with Gasteiger partial charge in [-0.15, -0.1) is 10.2 Å². The lowest BCUT2D eigenvalue weighted by Gasteiger charge is -2.30. The SMILES string of the molecule is N#Cc1ccc(OC2CCC(NC(=O)c3ccc(N4CCC(C=O)CC4)nn3)CC2)cc1Cl. The summed E-state index contributed by atoms with van der Waals surface area (Å²) < 4.78 is 6.01. The largest absolute Gasteiger partial charge is 0.490 e. The Morgan fingerprint density at radius 1 is 1.12 bits per heavy atom. The number of carbonyl (C=O) groups excluding carboxylic acids is 2. The monoisotopic (exact) mass is 467 g/mol. The van der Waals surface area contributed by atoms with Crippen molar-refractivity contribution in [3.63, 3.8) is 0 Å². The molecule has 2 heterocycles. The topological polar surface area (TPSA) is 108 Å². The molecule has 1 amide bonds. The minimum absolute atomic E-state index is 0.0459. The molecule has 2 aromatic rings. The lowest BCUT2D eigenvalue weighted by Crippen LogP contribution is -2.40. The maximum absolute atomic E-state index is 12.6. The smallest absolute Gasteiger partial charge is 0.272 e. The van der Waals surface area contributed by atoms with Crippen molar-refractivity contribution in [2.75, 3.05) is 18.0 Å². The fourth-order valence-electron chi connectivity index (χ4n) is 4.32. The molecule has 0 unspecified atom stereocenters. The fourth-order valence-corrected chi connectivity index (χ4v) is 4.53. The molecule has 1 aromatic carbocycles. The van der Waals surface area contributed by atoms with Crippen LogP contribution in [-0.2, 0) is 4.79 Å². The third kappa shape index (κ3) is 5.79. The van der Waals surface area contributed by atoms with Crippen molar-refractivity contribution in [3.05, 3.63) is 46.6 Å². The second kappa shape index (κ2) is 10.6. The van der Waals surface area contributed by atoms with Crippen molar-refractivity contribution in [1.82, 2.24) is 15.5 Å².